The molecule has 1 aliphatic rings. The fourth-order valence-electron chi connectivity index (χ4n) is 2.46. The minimum atomic E-state index is -3.38. The third kappa shape index (κ3) is 5.30. The van der Waals surface area contributed by atoms with Gasteiger partial charge in [-0.1, -0.05) is 6.92 Å². The maximum Gasteiger partial charge on any atom is 0.279 e. The number of nitrogens with zero attached hydrogens (tertiary/aromatic N) is 1. The molecule has 1 atom stereocenters. The van der Waals surface area contributed by atoms with Gasteiger partial charge in [0.1, 0.15) is 0 Å². The third-order valence-electron chi connectivity index (χ3n) is 3.56. The average molecular weight is 396 g/mol. The van der Waals surface area contributed by atoms with Crippen molar-refractivity contribution in [3.05, 3.63) is 20.8 Å². The van der Waals surface area contributed by atoms with E-state index in [-0.39, 0.29) is 0 Å². The lowest BCUT2D eigenvalue weighted by atomic mass is 10.00. The molecule has 1 unspecified atom stereocenters. The number of thiophene rings is 1. The molecule has 0 bridgehead atoms. The number of nitrogens with one attached hydrogen (secondary N) is 2. The molecule has 0 spiro atoms. The van der Waals surface area contributed by atoms with Gasteiger partial charge in [0.05, 0.1) is 3.79 Å². The summed E-state index contributed by atoms with van der Waals surface area (Å²) in [6, 6.07) is 3.86. The predicted octanol–water partition coefficient (Wildman–Crippen LogP) is 2.17. The molecule has 2 N–H and O–H groups in total. The Kier molecular flexibility index (Phi) is 6.64. The first-order chi connectivity index (χ1) is 10.0. The van der Waals surface area contributed by atoms with Gasteiger partial charge >= 0.3 is 0 Å². The molecule has 1 aromatic rings. The summed E-state index contributed by atoms with van der Waals surface area (Å²) >= 11 is 4.93. The second-order valence-electron chi connectivity index (χ2n) is 5.21. The van der Waals surface area contributed by atoms with Crippen molar-refractivity contribution in [3.63, 3.8) is 0 Å². The molecule has 120 valence electrons. The smallest absolute Gasteiger partial charge is 0.279 e. The van der Waals surface area contributed by atoms with E-state index in [1.807, 2.05) is 12.1 Å². The van der Waals surface area contributed by atoms with Gasteiger partial charge in [-0.15, -0.1) is 11.3 Å². The summed E-state index contributed by atoms with van der Waals surface area (Å²) in [7, 11) is -3.38. The number of halogens is 1. The van der Waals surface area contributed by atoms with Gasteiger partial charge in [0.15, 0.2) is 0 Å². The Balaban J connectivity index is 1.89. The van der Waals surface area contributed by atoms with Crippen molar-refractivity contribution in [2.24, 2.45) is 5.92 Å². The van der Waals surface area contributed by atoms with Crippen LogP contribution in [0, 0.1) is 5.92 Å². The molecule has 0 saturated carbocycles. The molecule has 1 fully saturated rings. The van der Waals surface area contributed by atoms with Gasteiger partial charge in [0, 0.05) is 24.5 Å². The van der Waals surface area contributed by atoms with Crippen molar-refractivity contribution < 1.29 is 8.42 Å². The Morgan fingerprint density at radius 2 is 2.29 bits per heavy atom. The fraction of sp³-hybridized carbons (Fsp3) is 0.692. The van der Waals surface area contributed by atoms with E-state index in [9.17, 15) is 8.42 Å². The number of rotatable bonds is 7. The first-order valence-corrected chi connectivity index (χ1v) is 10.3. The van der Waals surface area contributed by atoms with Crippen molar-refractivity contribution in [1.82, 2.24) is 14.3 Å². The number of hydrogen-bond donors (Lipinski definition) is 2. The highest BCUT2D eigenvalue weighted by Gasteiger charge is 2.28. The molecule has 1 aliphatic heterocycles. The van der Waals surface area contributed by atoms with Crippen LogP contribution in [-0.2, 0) is 16.8 Å². The fourth-order valence-corrected chi connectivity index (χ4v) is 5.27. The topological polar surface area (TPSA) is 61.4 Å². The van der Waals surface area contributed by atoms with Crippen LogP contribution in [0.3, 0.4) is 0 Å². The van der Waals surface area contributed by atoms with Crippen LogP contribution in [0.25, 0.3) is 0 Å². The van der Waals surface area contributed by atoms with Gasteiger partial charge in [0.25, 0.3) is 10.2 Å². The van der Waals surface area contributed by atoms with Gasteiger partial charge in [0.2, 0.25) is 0 Å². The first kappa shape index (κ1) is 17.4. The zero-order valence-corrected chi connectivity index (χ0v) is 15.4. The van der Waals surface area contributed by atoms with Gasteiger partial charge in [-0.25, -0.2) is 0 Å². The molecule has 1 saturated heterocycles. The molecule has 0 aromatic carbocycles. The van der Waals surface area contributed by atoms with Gasteiger partial charge in [-0.05, 0) is 59.9 Å². The van der Waals surface area contributed by atoms with Crippen LogP contribution in [0.4, 0.5) is 0 Å². The summed E-state index contributed by atoms with van der Waals surface area (Å²) in [5, 5.41) is 3.31. The van der Waals surface area contributed by atoms with Gasteiger partial charge in [-0.2, -0.15) is 17.4 Å². The molecule has 8 heteroatoms. The Morgan fingerprint density at radius 3 is 2.95 bits per heavy atom. The van der Waals surface area contributed by atoms with Crippen molar-refractivity contribution >= 4 is 37.5 Å². The second-order valence-corrected chi connectivity index (χ2v) is 9.51. The minimum Gasteiger partial charge on any atom is -0.317 e. The van der Waals surface area contributed by atoms with E-state index in [1.54, 1.807) is 15.6 Å². The van der Waals surface area contributed by atoms with Gasteiger partial charge in [-0.3, -0.25) is 0 Å². The summed E-state index contributed by atoms with van der Waals surface area (Å²) in [5.74, 6) is 0.408. The zero-order chi connectivity index (χ0) is 15.3. The van der Waals surface area contributed by atoms with Crippen LogP contribution in [0.5, 0.6) is 0 Å². The average Bonchev–Trinajstić information content (AvgIpc) is 2.89. The number of piperidine rings is 1. The van der Waals surface area contributed by atoms with Crippen LogP contribution in [0.15, 0.2) is 15.9 Å². The molecule has 0 radical (unpaired) electrons. The van der Waals surface area contributed by atoms with E-state index in [1.165, 1.54) is 0 Å². The lowest BCUT2D eigenvalue weighted by Gasteiger charge is -2.31. The molecule has 0 amide bonds. The Morgan fingerprint density at radius 1 is 1.48 bits per heavy atom. The minimum absolute atomic E-state index is 0.354. The van der Waals surface area contributed by atoms with Crippen LogP contribution in [0.2, 0.25) is 0 Å². The molecule has 0 aliphatic carbocycles. The van der Waals surface area contributed by atoms with Crippen molar-refractivity contribution in [3.8, 4) is 0 Å². The van der Waals surface area contributed by atoms with E-state index >= 15 is 0 Å². The molecule has 2 rings (SSSR count). The predicted molar refractivity (Wildman–Crippen MR) is 90.6 cm³/mol. The lowest BCUT2D eigenvalue weighted by Crippen LogP contribution is -2.47. The van der Waals surface area contributed by atoms with Gasteiger partial charge < -0.3 is 5.32 Å². The van der Waals surface area contributed by atoms with Crippen LogP contribution in [0.1, 0.15) is 24.6 Å². The lowest BCUT2D eigenvalue weighted by molar-refractivity contribution is 0.258. The summed E-state index contributed by atoms with van der Waals surface area (Å²) in [4.78, 5) is 1.01. The highest BCUT2D eigenvalue weighted by atomic mass is 79.9. The molecule has 1 aromatic heterocycles. The molecular weight excluding hydrogens is 374 g/mol. The van der Waals surface area contributed by atoms with Crippen molar-refractivity contribution in [2.45, 2.75) is 26.3 Å². The molecule has 21 heavy (non-hydrogen) atoms. The van der Waals surface area contributed by atoms with E-state index < -0.39 is 10.2 Å². The Bertz CT molecular complexity index is 547. The van der Waals surface area contributed by atoms with E-state index in [0.29, 0.717) is 25.6 Å². The summed E-state index contributed by atoms with van der Waals surface area (Å²) in [5.41, 5.74) is 0. The maximum atomic E-state index is 12.4. The van der Waals surface area contributed by atoms with Crippen molar-refractivity contribution in [1.29, 1.82) is 0 Å². The SMILES string of the molecule is CCNCC1CCCN(S(=O)(=O)NCc2ccc(Br)s2)C1. The third-order valence-corrected chi connectivity index (χ3v) is 6.71. The normalized spacial score (nSPS) is 20.8. The quantitative estimate of drug-likeness (QED) is 0.743. The van der Waals surface area contributed by atoms with E-state index in [2.05, 4.69) is 32.9 Å². The monoisotopic (exact) mass is 395 g/mol. The Labute approximate surface area is 139 Å². The second kappa shape index (κ2) is 8.03. The molecular formula is C13H22BrN3O2S2. The summed E-state index contributed by atoms with van der Waals surface area (Å²) in [6.07, 6.45) is 2.03. The Hall–Kier alpha value is 0.01000. The number of hydrogen-bond acceptors (Lipinski definition) is 4. The molecule has 5 nitrogen and oxygen atoms in total. The highest BCUT2D eigenvalue weighted by Crippen LogP contribution is 2.22. The summed E-state index contributed by atoms with van der Waals surface area (Å²) in [6.45, 7) is 5.46. The van der Waals surface area contributed by atoms with Crippen LogP contribution < -0.4 is 10.0 Å². The maximum absolute atomic E-state index is 12.4. The van der Waals surface area contributed by atoms with Crippen LogP contribution in [-0.4, -0.2) is 38.9 Å². The first-order valence-electron chi connectivity index (χ1n) is 7.21. The molecule has 2 heterocycles. The van der Waals surface area contributed by atoms with Crippen LogP contribution >= 0.6 is 27.3 Å². The van der Waals surface area contributed by atoms with E-state index in [4.69, 9.17) is 0 Å². The summed E-state index contributed by atoms with van der Waals surface area (Å²) < 4.78 is 30.0. The zero-order valence-electron chi connectivity index (χ0n) is 12.1. The van der Waals surface area contributed by atoms with Crippen molar-refractivity contribution in [2.75, 3.05) is 26.2 Å². The van der Waals surface area contributed by atoms with E-state index in [0.717, 1.165) is 34.6 Å². The largest absolute Gasteiger partial charge is 0.317 e. The highest BCUT2D eigenvalue weighted by molar-refractivity contribution is 9.11. The standard InChI is InChI=1S/C13H22BrN3O2S2/c1-2-15-8-11-4-3-7-17(10-11)21(18,19)16-9-12-5-6-13(14)20-12/h5-6,11,15-16H,2-4,7-10H2,1H3.